The lowest BCUT2D eigenvalue weighted by Crippen LogP contribution is -1.87. The molecule has 2 heterocycles. The molecular weight excluding hydrogens is 264 g/mol. The highest BCUT2D eigenvalue weighted by molar-refractivity contribution is 9.10. The summed E-state index contributed by atoms with van der Waals surface area (Å²) in [6.45, 7) is 2.19. The molecule has 1 fully saturated rings. The van der Waals surface area contributed by atoms with Gasteiger partial charge in [-0.3, -0.25) is 4.40 Å². The lowest BCUT2D eigenvalue weighted by molar-refractivity contribution is 0.887. The van der Waals surface area contributed by atoms with E-state index in [0.29, 0.717) is 0 Å². The molecule has 84 valence electrons. The van der Waals surface area contributed by atoms with E-state index in [2.05, 4.69) is 50.6 Å². The minimum atomic E-state index is 0.801. The van der Waals surface area contributed by atoms with Crippen molar-refractivity contribution < 1.29 is 0 Å². The van der Waals surface area contributed by atoms with Crippen molar-refractivity contribution >= 4 is 21.6 Å². The molecule has 1 saturated carbocycles. The first kappa shape index (κ1) is 10.3. The first-order valence-corrected chi connectivity index (χ1v) is 6.75. The maximum atomic E-state index is 4.69. The van der Waals surface area contributed by atoms with E-state index < -0.39 is 0 Å². The Kier molecular flexibility index (Phi) is 2.51. The number of halogens is 1. The molecule has 3 rings (SSSR count). The second-order valence-electron chi connectivity index (χ2n) is 4.56. The maximum Gasteiger partial charge on any atom is 0.138 e. The summed E-state index contributed by atoms with van der Waals surface area (Å²) in [4.78, 5) is 4.69. The van der Waals surface area contributed by atoms with Crippen LogP contribution in [0.5, 0.6) is 0 Å². The molecule has 0 spiro atoms. The van der Waals surface area contributed by atoms with Crippen molar-refractivity contribution in [3.63, 3.8) is 0 Å². The Bertz CT molecular complexity index is 526. The molecule has 0 bridgehead atoms. The van der Waals surface area contributed by atoms with Crippen LogP contribution in [0.4, 0.5) is 0 Å². The van der Waals surface area contributed by atoms with Crippen LogP contribution in [0.15, 0.2) is 22.9 Å². The third-order valence-electron chi connectivity index (χ3n) is 3.19. The zero-order chi connectivity index (χ0) is 11.1. The summed E-state index contributed by atoms with van der Waals surface area (Å²) in [5.41, 5.74) is 3.71. The highest BCUT2D eigenvalue weighted by Crippen LogP contribution is 2.40. The number of hydrogen-bond donors (Lipinski definition) is 0. The van der Waals surface area contributed by atoms with Crippen LogP contribution in [0.25, 0.3) is 5.65 Å². The number of fused-ring (bicyclic) bond motifs is 1. The summed E-state index contributed by atoms with van der Waals surface area (Å²) in [7, 11) is 0. The predicted molar refractivity (Wildman–Crippen MR) is 68.9 cm³/mol. The van der Waals surface area contributed by atoms with E-state index in [-0.39, 0.29) is 0 Å². The van der Waals surface area contributed by atoms with Crippen LogP contribution < -0.4 is 0 Å². The number of hydrogen-bond acceptors (Lipinski definition) is 1. The number of imidazole rings is 1. The monoisotopic (exact) mass is 278 g/mol. The van der Waals surface area contributed by atoms with Crippen molar-refractivity contribution in [1.82, 2.24) is 9.38 Å². The number of pyridine rings is 1. The third-order valence-corrected chi connectivity index (χ3v) is 4.03. The van der Waals surface area contributed by atoms with Gasteiger partial charge in [-0.15, -0.1) is 0 Å². The van der Waals surface area contributed by atoms with Crippen LogP contribution in [0.1, 0.15) is 43.4 Å². The highest BCUT2D eigenvalue weighted by atomic mass is 79.9. The van der Waals surface area contributed by atoms with E-state index in [0.717, 1.165) is 29.0 Å². The van der Waals surface area contributed by atoms with Gasteiger partial charge in [0.25, 0.3) is 0 Å². The lowest BCUT2D eigenvalue weighted by Gasteiger charge is -1.99. The molecule has 16 heavy (non-hydrogen) atoms. The third kappa shape index (κ3) is 1.67. The van der Waals surface area contributed by atoms with Gasteiger partial charge in [0.15, 0.2) is 0 Å². The Morgan fingerprint density at radius 3 is 3.00 bits per heavy atom. The molecule has 2 nitrogen and oxygen atoms in total. The fraction of sp³-hybridized carbons (Fsp3) is 0.462. The topological polar surface area (TPSA) is 17.3 Å². The molecule has 2 aromatic rings. The molecule has 0 unspecified atom stereocenters. The summed E-state index contributed by atoms with van der Waals surface area (Å²) in [6, 6.07) is 4.47. The van der Waals surface area contributed by atoms with Crippen LogP contribution in [0.2, 0.25) is 0 Å². The lowest BCUT2D eigenvalue weighted by atomic mass is 10.2. The van der Waals surface area contributed by atoms with Gasteiger partial charge in [0.1, 0.15) is 10.3 Å². The van der Waals surface area contributed by atoms with Gasteiger partial charge in [0, 0.05) is 6.20 Å². The standard InChI is InChI=1S/C13H15BrN2/c1-2-3-11-13(14)16-7-6-10(9-4-5-9)8-12(16)15-11/h6-9H,2-5H2,1H3. The van der Waals surface area contributed by atoms with Crippen LogP contribution in [0, 0.1) is 0 Å². The van der Waals surface area contributed by atoms with Gasteiger partial charge >= 0.3 is 0 Å². The van der Waals surface area contributed by atoms with Crippen LogP contribution in [0.3, 0.4) is 0 Å². The molecule has 0 atom stereocenters. The molecule has 0 N–H and O–H groups in total. The molecule has 0 saturated heterocycles. The van der Waals surface area contributed by atoms with Crippen molar-refractivity contribution in [3.05, 3.63) is 34.2 Å². The summed E-state index contributed by atoms with van der Waals surface area (Å²) in [5.74, 6) is 0.801. The van der Waals surface area contributed by atoms with E-state index >= 15 is 0 Å². The summed E-state index contributed by atoms with van der Waals surface area (Å²) >= 11 is 3.63. The summed E-state index contributed by atoms with van der Waals surface area (Å²) < 4.78 is 3.25. The normalized spacial score (nSPS) is 15.9. The SMILES string of the molecule is CCCc1nc2cc(C3CC3)ccn2c1Br. The van der Waals surface area contributed by atoms with Gasteiger partial charge in [0.2, 0.25) is 0 Å². The highest BCUT2D eigenvalue weighted by Gasteiger charge is 2.24. The molecular formula is C13H15BrN2. The molecule has 1 aliphatic carbocycles. The maximum absolute atomic E-state index is 4.69. The molecule has 0 radical (unpaired) electrons. The van der Waals surface area contributed by atoms with Crippen LogP contribution in [-0.2, 0) is 6.42 Å². The molecule has 3 heteroatoms. The average molecular weight is 279 g/mol. The molecule has 2 aromatic heterocycles. The summed E-state index contributed by atoms with van der Waals surface area (Å²) in [6.07, 6.45) is 7.01. The van der Waals surface area contributed by atoms with Gasteiger partial charge in [-0.1, -0.05) is 13.3 Å². The van der Waals surface area contributed by atoms with E-state index in [4.69, 9.17) is 0 Å². The Labute approximate surface area is 104 Å². The first-order valence-electron chi connectivity index (χ1n) is 5.96. The Hall–Kier alpha value is -0.830. The predicted octanol–water partition coefficient (Wildman–Crippen LogP) is 3.93. The second kappa shape index (κ2) is 3.88. The van der Waals surface area contributed by atoms with Gasteiger partial charge in [-0.05, 0) is 58.8 Å². The Morgan fingerprint density at radius 1 is 1.50 bits per heavy atom. The fourth-order valence-electron chi connectivity index (χ4n) is 2.15. The average Bonchev–Trinajstić information content (AvgIpc) is 3.07. The fourth-order valence-corrected chi connectivity index (χ4v) is 2.73. The quantitative estimate of drug-likeness (QED) is 0.832. The minimum absolute atomic E-state index is 0.801. The minimum Gasteiger partial charge on any atom is -0.294 e. The van der Waals surface area contributed by atoms with E-state index in [1.807, 2.05) is 0 Å². The molecule has 0 aliphatic heterocycles. The Morgan fingerprint density at radius 2 is 2.31 bits per heavy atom. The van der Waals surface area contributed by atoms with Gasteiger partial charge < -0.3 is 0 Å². The molecule has 0 amide bonds. The largest absolute Gasteiger partial charge is 0.294 e. The Balaban J connectivity index is 2.09. The van der Waals surface area contributed by atoms with Crippen molar-refractivity contribution in [2.45, 2.75) is 38.5 Å². The number of aromatic nitrogens is 2. The smallest absolute Gasteiger partial charge is 0.138 e. The van der Waals surface area contributed by atoms with Gasteiger partial charge in [-0.2, -0.15) is 0 Å². The number of rotatable bonds is 3. The van der Waals surface area contributed by atoms with Gasteiger partial charge in [0.05, 0.1) is 5.69 Å². The van der Waals surface area contributed by atoms with Crippen molar-refractivity contribution in [3.8, 4) is 0 Å². The van der Waals surface area contributed by atoms with Gasteiger partial charge in [-0.25, -0.2) is 4.98 Å². The number of nitrogens with zero attached hydrogens (tertiary/aromatic N) is 2. The number of aryl methyl sites for hydroxylation is 1. The molecule has 0 aromatic carbocycles. The van der Waals surface area contributed by atoms with E-state index in [1.165, 1.54) is 24.1 Å². The second-order valence-corrected chi connectivity index (χ2v) is 5.31. The van der Waals surface area contributed by atoms with Crippen molar-refractivity contribution in [2.75, 3.05) is 0 Å². The van der Waals surface area contributed by atoms with Crippen LogP contribution >= 0.6 is 15.9 Å². The van der Waals surface area contributed by atoms with Crippen molar-refractivity contribution in [1.29, 1.82) is 0 Å². The summed E-state index contributed by atoms with van der Waals surface area (Å²) in [5, 5.41) is 0. The van der Waals surface area contributed by atoms with E-state index in [1.54, 1.807) is 0 Å². The van der Waals surface area contributed by atoms with Crippen molar-refractivity contribution in [2.24, 2.45) is 0 Å². The first-order chi connectivity index (χ1) is 7.79. The zero-order valence-electron chi connectivity index (χ0n) is 9.41. The van der Waals surface area contributed by atoms with Crippen LogP contribution in [-0.4, -0.2) is 9.38 Å². The molecule has 1 aliphatic rings. The van der Waals surface area contributed by atoms with E-state index in [9.17, 15) is 0 Å². The zero-order valence-corrected chi connectivity index (χ0v) is 11.0.